The van der Waals surface area contributed by atoms with Gasteiger partial charge >= 0.3 is 6.03 Å². The van der Waals surface area contributed by atoms with Gasteiger partial charge in [0.2, 0.25) is 12.6 Å². The lowest BCUT2D eigenvalue weighted by atomic mass is 10.2. The van der Waals surface area contributed by atoms with Gasteiger partial charge in [-0.1, -0.05) is 6.07 Å². The van der Waals surface area contributed by atoms with Gasteiger partial charge in [0.05, 0.1) is 0 Å². The SMILES string of the molecule is Cc1ccc(NC(=O)NC(=O)C2=COCO2)cc1I. The third-order valence-electron chi connectivity index (χ3n) is 2.35. The molecule has 1 aliphatic heterocycles. The van der Waals surface area contributed by atoms with Crippen LogP contribution in [0.3, 0.4) is 0 Å². The monoisotopic (exact) mass is 374 g/mol. The highest BCUT2D eigenvalue weighted by atomic mass is 127. The molecular weight excluding hydrogens is 363 g/mol. The molecule has 0 unspecified atom stereocenters. The number of ether oxygens (including phenoxy) is 2. The Morgan fingerprint density at radius 1 is 1.37 bits per heavy atom. The van der Waals surface area contributed by atoms with Gasteiger partial charge in [0.15, 0.2) is 0 Å². The van der Waals surface area contributed by atoms with Gasteiger partial charge in [-0.05, 0) is 47.2 Å². The minimum atomic E-state index is -0.642. The number of aryl methyl sites for hydroxylation is 1. The molecule has 0 aliphatic carbocycles. The van der Waals surface area contributed by atoms with E-state index in [4.69, 9.17) is 9.47 Å². The van der Waals surface area contributed by atoms with Crippen molar-refractivity contribution in [1.29, 1.82) is 0 Å². The van der Waals surface area contributed by atoms with Crippen LogP contribution in [-0.4, -0.2) is 18.7 Å². The summed E-state index contributed by atoms with van der Waals surface area (Å²) < 4.78 is 10.6. The molecule has 1 aliphatic rings. The molecule has 7 heteroatoms. The van der Waals surface area contributed by atoms with Crippen LogP contribution in [0, 0.1) is 10.5 Å². The van der Waals surface area contributed by atoms with Crippen molar-refractivity contribution < 1.29 is 19.1 Å². The normalized spacial score (nSPS) is 13.1. The van der Waals surface area contributed by atoms with Crippen LogP contribution >= 0.6 is 22.6 Å². The predicted octanol–water partition coefficient (Wildman–Crippen LogP) is 2.09. The highest BCUT2D eigenvalue weighted by Crippen LogP contribution is 2.17. The minimum absolute atomic E-state index is 0.0134. The molecule has 1 aromatic rings. The smallest absolute Gasteiger partial charge is 0.326 e. The summed E-state index contributed by atoms with van der Waals surface area (Å²) in [5, 5.41) is 4.70. The van der Waals surface area contributed by atoms with E-state index < -0.39 is 11.9 Å². The van der Waals surface area contributed by atoms with Gasteiger partial charge in [0.1, 0.15) is 6.26 Å². The van der Waals surface area contributed by atoms with Crippen LogP contribution < -0.4 is 10.6 Å². The van der Waals surface area contributed by atoms with E-state index in [1.54, 1.807) is 6.07 Å². The van der Waals surface area contributed by atoms with Gasteiger partial charge in [0, 0.05) is 9.26 Å². The van der Waals surface area contributed by atoms with Gasteiger partial charge in [-0.2, -0.15) is 0 Å². The van der Waals surface area contributed by atoms with Crippen LogP contribution in [0.5, 0.6) is 0 Å². The Morgan fingerprint density at radius 3 is 2.79 bits per heavy atom. The molecule has 0 aromatic heterocycles. The molecule has 0 fully saturated rings. The molecule has 0 saturated heterocycles. The maximum Gasteiger partial charge on any atom is 0.326 e. The number of anilines is 1. The maximum absolute atomic E-state index is 11.6. The number of urea groups is 1. The third kappa shape index (κ3) is 3.60. The summed E-state index contributed by atoms with van der Waals surface area (Å²) in [6, 6.07) is 4.83. The summed E-state index contributed by atoms with van der Waals surface area (Å²) in [6.07, 6.45) is 1.16. The fourth-order valence-corrected chi connectivity index (χ4v) is 1.87. The number of amides is 3. The summed E-state index contributed by atoms with van der Waals surface area (Å²) in [5.74, 6) is -0.662. The molecule has 0 spiro atoms. The molecular formula is C12H11IN2O4. The number of carbonyl (C=O) groups is 2. The Kier molecular flexibility index (Phi) is 4.25. The van der Waals surface area contributed by atoms with E-state index in [0.717, 1.165) is 15.4 Å². The van der Waals surface area contributed by atoms with E-state index >= 15 is 0 Å². The Labute approximate surface area is 123 Å². The number of benzene rings is 1. The van der Waals surface area contributed by atoms with Crippen molar-refractivity contribution in [2.75, 3.05) is 12.1 Å². The molecule has 1 heterocycles. The zero-order chi connectivity index (χ0) is 13.8. The second kappa shape index (κ2) is 5.91. The zero-order valence-corrected chi connectivity index (χ0v) is 12.2. The third-order valence-corrected chi connectivity index (χ3v) is 3.52. The van der Waals surface area contributed by atoms with Gasteiger partial charge in [-0.15, -0.1) is 0 Å². The fourth-order valence-electron chi connectivity index (χ4n) is 1.36. The lowest BCUT2D eigenvalue weighted by molar-refractivity contribution is -0.119. The topological polar surface area (TPSA) is 76.7 Å². The van der Waals surface area contributed by atoms with Crippen LogP contribution in [0.25, 0.3) is 0 Å². The minimum Gasteiger partial charge on any atom is -0.461 e. The average molecular weight is 374 g/mol. The van der Waals surface area contributed by atoms with Crippen molar-refractivity contribution in [2.45, 2.75) is 6.92 Å². The van der Waals surface area contributed by atoms with Crippen molar-refractivity contribution >= 4 is 40.2 Å². The Hall–Kier alpha value is -1.77. The first-order chi connectivity index (χ1) is 9.06. The second-order valence-corrected chi connectivity index (χ2v) is 4.95. The number of imide groups is 1. The maximum atomic E-state index is 11.6. The number of nitrogens with one attached hydrogen (secondary N) is 2. The summed E-state index contributed by atoms with van der Waals surface area (Å²) >= 11 is 2.17. The molecule has 0 bridgehead atoms. The highest BCUT2D eigenvalue weighted by Gasteiger charge is 2.18. The summed E-state index contributed by atoms with van der Waals surface area (Å²) in [7, 11) is 0. The van der Waals surface area contributed by atoms with Crippen LogP contribution in [0.1, 0.15) is 5.56 Å². The van der Waals surface area contributed by atoms with E-state index in [1.807, 2.05) is 19.1 Å². The molecule has 2 N–H and O–H groups in total. The summed E-state index contributed by atoms with van der Waals surface area (Å²) in [4.78, 5) is 23.1. The molecule has 1 aromatic carbocycles. The molecule has 100 valence electrons. The Balaban J connectivity index is 1.93. The van der Waals surface area contributed by atoms with E-state index in [0.29, 0.717) is 5.69 Å². The first-order valence-electron chi connectivity index (χ1n) is 5.39. The standard InChI is InChI=1S/C12H11IN2O4/c1-7-2-3-8(4-9(7)13)14-12(17)15-11(16)10-5-18-6-19-10/h2-5H,6H2,1H3,(H2,14,15,16,17). The summed E-state index contributed by atoms with van der Waals surface area (Å²) in [5.41, 5.74) is 1.72. The number of rotatable bonds is 2. The van der Waals surface area contributed by atoms with E-state index in [1.165, 1.54) is 0 Å². The van der Waals surface area contributed by atoms with Crippen molar-refractivity contribution in [3.05, 3.63) is 39.4 Å². The number of hydrogen-bond donors (Lipinski definition) is 2. The quantitative estimate of drug-likeness (QED) is 0.778. The van der Waals surface area contributed by atoms with Gasteiger partial charge in [-0.25, -0.2) is 4.79 Å². The zero-order valence-electron chi connectivity index (χ0n) is 10.0. The lowest BCUT2D eigenvalue weighted by Gasteiger charge is -2.07. The van der Waals surface area contributed by atoms with E-state index in [2.05, 4.69) is 33.2 Å². The van der Waals surface area contributed by atoms with E-state index in [9.17, 15) is 9.59 Å². The molecule has 3 amide bonds. The second-order valence-electron chi connectivity index (χ2n) is 3.78. The van der Waals surface area contributed by atoms with Crippen LogP contribution in [0.15, 0.2) is 30.2 Å². The van der Waals surface area contributed by atoms with Crippen LogP contribution in [0.4, 0.5) is 10.5 Å². The molecule has 0 saturated carbocycles. The van der Waals surface area contributed by atoms with Crippen molar-refractivity contribution in [1.82, 2.24) is 5.32 Å². The molecule has 0 atom stereocenters. The number of carbonyl (C=O) groups excluding carboxylic acids is 2. The number of hydrogen-bond acceptors (Lipinski definition) is 4. The Morgan fingerprint density at radius 2 is 2.16 bits per heavy atom. The van der Waals surface area contributed by atoms with Gasteiger partial charge in [-0.3, -0.25) is 10.1 Å². The fraction of sp³-hybridized carbons (Fsp3) is 0.167. The molecule has 6 nitrogen and oxygen atoms in total. The first kappa shape index (κ1) is 13.7. The highest BCUT2D eigenvalue weighted by molar-refractivity contribution is 14.1. The molecule has 19 heavy (non-hydrogen) atoms. The van der Waals surface area contributed by atoms with Crippen molar-refractivity contribution in [3.63, 3.8) is 0 Å². The average Bonchev–Trinajstić information content (AvgIpc) is 2.87. The predicted molar refractivity (Wildman–Crippen MR) is 76.2 cm³/mol. The van der Waals surface area contributed by atoms with Crippen LogP contribution in [0.2, 0.25) is 0 Å². The molecule has 2 rings (SSSR count). The van der Waals surface area contributed by atoms with Crippen LogP contribution in [-0.2, 0) is 14.3 Å². The van der Waals surface area contributed by atoms with Crippen molar-refractivity contribution in [3.8, 4) is 0 Å². The lowest BCUT2D eigenvalue weighted by Crippen LogP contribution is -2.35. The largest absolute Gasteiger partial charge is 0.461 e. The Bertz CT molecular complexity index is 557. The number of halogens is 1. The summed E-state index contributed by atoms with van der Waals surface area (Å²) in [6.45, 7) is 1.96. The first-order valence-corrected chi connectivity index (χ1v) is 6.47. The van der Waals surface area contributed by atoms with E-state index in [-0.39, 0.29) is 12.6 Å². The van der Waals surface area contributed by atoms with Gasteiger partial charge < -0.3 is 14.8 Å². The van der Waals surface area contributed by atoms with Gasteiger partial charge in [0.25, 0.3) is 5.91 Å². The van der Waals surface area contributed by atoms with Crippen molar-refractivity contribution in [2.24, 2.45) is 0 Å². The molecule has 0 radical (unpaired) electrons.